The van der Waals surface area contributed by atoms with Crippen LogP contribution in [0.1, 0.15) is 20.3 Å². The Kier molecular flexibility index (Phi) is 8.33. The maximum absolute atomic E-state index is 11.6. The van der Waals surface area contributed by atoms with E-state index in [9.17, 15) is 4.79 Å². The lowest BCUT2D eigenvalue weighted by molar-refractivity contribution is -0.130. The molecule has 0 radical (unpaired) electrons. The minimum Gasteiger partial charge on any atom is -0.343 e. The van der Waals surface area contributed by atoms with E-state index in [4.69, 9.17) is 0 Å². The molecule has 90 valence electrons. The van der Waals surface area contributed by atoms with Gasteiger partial charge in [0.05, 0.1) is 0 Å². The first-order valence-electron chi connectivity index (χ1n) is 5.75. The SMILES string of the molecule is CCN(CC)C(=O)CCNCCN(C)C. The van der Waals surface area contributed by atoms with E-state index in [-0.39, 0.29) is 5.91 Å². The van der Waals surface area contributed by atoms with Crippen LogP contribution in [0.4, 0.5) is 0 Å². The van der Waals surface area contributed by atoms with Crippen LogP contribution in [0.15, 0.2) is 0 Å². The molecular weight excluding hydrogens is 190 g/mol. The third-order valence-electron chi connectivity index (χ3n) is 2.37. The number of nitrogens with one attached hydrogen (secondary N) is 1. The van der Waals surface area contributed by atoms with Crippen molar-refractivity contribution in [1.82, 2.24) is 15.1 Å². The van der Waals surface area contributed by atoms with Crippen molar-refractivity contribution in [3.63, 3.8) is 0 Å². The zero-order valence-corrected chi connectivity index (χ0v) is 10.5. The summed E-state index contributed by atoms with van der Waals surface area (Å²) in [6, 6.07) is 0. The molecule has 1 amide bonds. The molecule has 0 fully saturated rings. The summed E-state index contributed by atoms with van der Waals surface area (Å²) in [5, 5.41) is 3.26. The van der Waals surface area contributed by atoms with Crippen molar-refractivity contribution in [3.05, 3.63) is 0 Å². The second-order valence-electron chi connectivity index (χ2n) is 3.87. The molecule has 0 aliphatic heterocycles. The predicted octanol–water partition coefficient (Wildman–Crippen LogP) is 0.396. The van der Waals surface area contributed by atoms with Gasteiger partial charge in [-0.05, 0) is 27.9 Å². The Bertz CT molecular complexity index is 167. The number of nitrogens with zero attached hydrogens (tertiary/aromatic N) is 2. The molecule has 0 aliphatic rings. The number of hydrogen-bond donors (Lipinski definition) is 1. The smallest absolute Gasteiger partial charge is 0.223 e. The van der Waals surface area contributed by atoms with Crippen molar-refractivity contribution in [3.8, 4) is 0 Å². The molecule has 0 atom stereocenters. The number of amides is 1. The van der Waals surface area contributed by atoms with Crippen molar-refractivity contribution < 1.29 is 4.79 Å². The Labute approximate surface area is 93.6 Å². The van der Waals surface area contributed by atoms with Crippen molar-refractivity contribution in [2.24, 2.45) is 0 Å². The van der Waals surface area contributed by atoms with Crippen LogP contribution in [-0.2, 0) is 4.79 Å². The van der Waals surface area contributed by atoms with Gasteiger partial charge in [0.2, 0.25) is 5.91 Å². The number of hydrogen-bond acceptors (Lipinski definition) is 3. The van der Waals surface area contributed by atoms with Gasteiger partial charge in [0, 0.05) is 39.1 Å². The first-order valence-corrected chi connectivity index (χ1v) is 5.75. The molecule has 0 unspecified atom stereocenters. The van der Waals surface area contributed by atoms with Crippen LogP contribution in [0.25, 0.3) is 0 Å². The average Bonchev–Trinajstić information content (AvgIpc) is 2.18. The maximum atomic E-state index is 11.6. The average molecular weight is 215 g/mol. The third-order valence-corrected chi connectivity index (χ3v) is 2.37. The molecule has 0 bridgehead atoms. The first kappa shape index (κ1) is 14.4. The van der Waals surface area contributed by atoms with E-state index in [0.717, 1.165) is 32.7 Å². The summed E-state index contributed by atoms with van der Waals surface area (Å²) in [6.45, 7) is 8.39. The van der Waals surface area contributed by atoms with Gasteiger partial charge in [-0.25, -0.2) is 0 Å². The zero-order chi connectivity index (χ0) is 11.7. The highest BCUT2D eigenvalue weighted by molar-refractivity contribution is 5.76. The molecule has 0 spiro atoms. The summed E-state index contributed by atoms with van der Waals surface area (Å²) in [5.74, 6) is 0.248. The summed E-state index contributed by atoms with van der Waals surface area (Å²) in [7, 11) is 4.09. The van der Waals surface area contributed by atoms with Crippen LogP contribution in [0.5, 0.6) is 0 Å². The van der Waals surface area contributed by atoms with Gasteiger partial charge < -0.3 is 15.1 Å². The van der Waals surface area contributed by atoms with Crippen LogP contribution in [0.3, 0.4) is 0 Å². The molecule has 0 heterocycles. The largest absolute Gasteiger partial charge is 0.343 e. The van der Waals surface area contributed by atoms with Crippen LogP contribution >= 0.6 is 0 Å². The molecular formula is C11H25N3O. The fourth-order valence-electron chi connectivity index (χ4n) is 1.36. The molecule has 0 aliphatic carbocycles. The molecule has 0 saturated heterocycles. The minimum absolute atomic E-state index is 0.248. The highest BCUT2D eigenvalue weighted by atomic mass is 16.2. The molecule has 0 saturated carbocycles. The van der Waals surface area contributed by atoms with E-state index >= 15 is 0 Å². The third kappa shape index (κ3) is 7.33. The zero-order valence-electron chi connectivity index (χ0n) is 10.5. The van der Waals surface area contributed by atoms with Gasteiger partial charge in [0.25, 0.3) is 0 Å². The van der Waals surface area contributed by atoms with E-state index in [1.54, 1.807) is 0 Å². The predicted molar refractivity (Wildman–Crippen MR) is 64.0 cm³/mol. The lowest BCUT2D eigenvalue weighted by Crippen LogP contribution is -2.34. The quantitative estimate of drug-likeness (QED) is 0.595. The van der Waals surface area contributed by atoms with Crippen LogP contribution in [0.2, 0.25) is 0 Å². The number of rotatable bonds is 8. The normalized spacial score (nSPS) is 10.7. The first-order chi connectivity index (χ1) is 7.11. The van der Waals surface area contributed by atoms with Gasteiger partial charge in [-0.1, -0.05) is 0 Å². The molecule has 1 N–H and O–H groups in total. The topological polar surface area (TPSA) is 35.6 Å². The monoisotopic (exact) mass is 215 g/mol. The van der Waals surface area contributed by atoms with Gasteiger partial charge in [0.15, 0.2) is 0 Å². The molecule has 0 aromatic carbocycles. The lowest BCUT2D eigenvalue weighted by atomic mass is 10.3. The van der Waals surface area contributed by atoms with Gasteiger partial charge >= 0.3 is 0 Å². The van der Waals surface area contributed by atoms with E-state index in [2.05, 4.69) is 10.2 Å². The van der Waals surface area contributed by atoms with E-state index in [1.165, 1.54) is 0 Å². The Balaban J connectivity index is 3.46. The van der Waals surface area contributed by atoms with Crippen LogP contribution in [0, 0.1) is 0 Å². The molecule has 4 nitrogen and oxygen atoms in total. The number of carbonyl (C=O) groups is 1. The highest BCUT2D eigenvalue weighted by Gasteiger charge is 2.07. The Morgan fingerprint density at radius 3 is 2.20 bits per heavy atom. The number of likely N-dealkylation sites (N-methyl/N-ethyl adjacent to an activating group) is 1. The van der Waals surface area contributed by atoms with Gasteiger partial charge in [-0.15, -0.1) is 0 Å². The van der Waals surface area contributed by atoms with Crippen LogP contribution < -0.4 is 5.32 Å². The van der Waals surface area contributed by atoms with Gasteiger partial charge in [-0.2, -0.15) is 0 Å². The summed E-state index contributed by atoms with van der Waals surface area (Å²) >= 11 is 0. The molecule has 0 rings (SSSR count). The lowest BCUT2D eigenvalue weighted by Gasteiger charge is -2.18. The molecule has 0 aromatic rings. The van der Waals surface area contributed by atoms with Crippen molar-refractivity contribution >= 4 is 5.91 Å². The van der Waals surface area contributed by atoms with Crippen molar-refractivity contribution in [1.29, 1.82) is 0 Å². The number of carbonyl (C=O) groups excluding carboxylic acids is 1. The molecule has 4 heteroatoms. The summed E-state index contributed by atoms with van der Waals surface area (Å²) in [5.41, 5.74) is 0. The minimum atomic E-state index is 0.248. The van der Waals surface area contributed by atoms with E-state index < -0.39 is 0 Å². The van der Waals surface area contributed by atoms with E-state index in [0.29, 0.717) is 6.42 Å². The Morgan fingerprint density at radius 2 is 1.73 bits per heavy atom. The van der Waals surface area contributed by atoms with Gasteiger partial charge in [-0.3, -0.25) is 4.79 Å². The second-order valence-corrected chi connectivity index (χ2v) is 3.87. The molecule has 15 heavy (non-hydrogen) atoms. The standard InChI is InChI=1S/C11H25N3O/c1-5-14(6-2)11(15)7-8-12-9-10-13(3)4/h12H,5-10H2,1-4H3. The summed E-state index contributed by atoms with van der Waals surface area (Å²) in [4.78, 5) is 15.6. The Hall–Kier alpha value is -0.610. The Morgan fingerprint density at radius 1 is 1.13 bits per heavy atom. The summed E-state index contributed by atoms with van der Waals surface area (Å²) < 4.78 is 0. The van der Waals surface area contributed by atoms with Crippen molar-refractivity contribution in [2.75, 3.05) is 46.8 Å². The van der Waals surface area contributed by atoms with Crippen molar-refractivity contribution in [2.45, 2.75) is 20.3 Å². The molecule has 0 aromatic heterocycles. The fraction of sp³-hybridized carbons (Fsp3) is 0.909. The van der Waals surface area contributed by atoms with Crippen LogP contribution in [-0.4, -0.2) is 62.5 Å². The highest BCUT2D eigenvalue weighted by Crippen LogP contribution is 1.92. The second kappa shape index (κ2) is 8.68. The fourth-order valence-corrected chi connectivity index (χ4v) is 1.36. The summed E-state index contributed by atoms with van der Waals surface area (Å²) in [6.07, 6.45) is 0.606. The van der Waals surface area contributed by atoms with Gasteiger partial charge in [0.1, 0.15) is 0 Å². The maximum Gasteiger partial charge on any atom is 0.223 e. The van der Waals surface area contributed by atoms with E-state index in [1.807, 2.05) is 32.8 Å².